The number of sulfonamides is 1. The quantitative estimate of drug-likeness (QED) is 0.717. The summed E-state index contributed by atoms with van der Waals surface area (Å²) in [6, 6.07) is 2.54. The highest BCUT2D eigenvalue weighted by Crippen LogP contribution is 2.24. The Hall–Kier alpha value is -0.540. The van der Waals surface area contributed by atoms with Crippen LogP contribution in [0.25, 0.3) is 0 Å². The molecule has 0 atom stereocenters. The van der Waals surface area contributed by atoms with E-state index < -0.39 is 27.3 Å². The van der Waals surface area contributed by atoms with Crippen molar-refractivity contribution in [1.29, 1.82) is 0 Å². The van der Waals surface area contributed by atoms with Crippen LogP contribution < -0.4 is 4.72 Å². The van der Waals surface area contributed by atoms with E-state index in [9.17, 15) is 12.8 Å². The molecule has 0 aliphatic carbocycles. The fourth-order valence-electron chi connectivity index (χ4n) is 1.88. The Bertz CT molecular complexity index is 577. The third kappa shape index (κ3) is 5.00. The van der Waals surface area contributed by atoms with Crippen LogP contribution in [0.1, 0.15) is 19.4 Å². The molecule has 0 saturated heterocycles. The van der Waals surface area contributed by atoms with Crippen molar-refractivity contribution in [3.8, 4) is 0 Å². The first kappa shape index (κ1) is 18.5. The number of benzene rings is 1. The first-order chi connectivity index (χ1) is 9.85. The molecule has 0 fully saturated rings. The van der Waals surface area contributed by atoms with E-state index in [2.05, 4.69) is 25.6 Å². The van der Waals surface area contributed by atoms with Gasteiger partial charge in [0.05, 0.1) is 6.61 Å². The number of rotatable bonds is 8. The second kappa shape index (κ2) is 8.19. The van der Waals surface area contributed by atoms with Gasteiger partial charge in [0.25, 0.3) is 0 Å². The fraction of sp³-hybridized carbons (Fsp3) is 0.538. The van der Waals surface area contributed by atoms with E-state index in [0.717, 1.165) is 13.1 Å². The Kier molecular flexibility index (Phi) is 7.22. The van der Waals surface area contributed by atoms with Gasteiger partial charge in [-0.25, -0.2) is 17.5 Å². The number of nitrogens with zero attached hydrogens (tertiary/aromatic N) is 1. The molecule has 0 aromatic heterocycles. The molecule has 21 heavy (non-hydrogen) atoms. The Labute approximate surface area is 133 Å². The number of hydrogen-bond donors (Lipinski definition) is 2. The van der Waals surface area contributed by atoms with Gasteiger partial charge in [-0.05, 0) is 25.2 Å². The van der Waals surface area contributed by atoms with Crippen LogP contribution in [-0.4, -0.2) is 44.6 Å². The van der Waals surface area contributed by atoms with Crippen LogP contribution >= 0.6 is 15.9 Å². The molecule has 0 radical (unpaired) electrons. The second-order valence-electron chi connectivity index (χ2n) is 4.46. The first-order valence-corrected chi connectivity index (χ1v) is 8.94. The number of hydrogen-bond acceptors (Lipinski definition) is 4. The summed E-state index contributed by atoms with van der Waals surface area (Å²) < 4.78 is 41.2. The van der Waals surface area contributed by atoms with Crippen LogP contribution in [0.2, 0.25) is 0 Å². The summed E-state index contributed by atoms with van der Waals surface area (Å²) in [5.74, 6) is -0.920. The van der Waals surface area contributed by atoms with Gasteiger partial charge in [-0.15, -0.1) is 0 Å². The van der Waals surface area contributed by atoms with Gasteiger partial charge in [-0.1, -0.05) is 29.8 Å². The predicted molar refractivity (Wildman–Crippen MR) is 83.0 cm³/mol. The smallest absolute Gasteiger partial charge is 0.243 e. The molecule has 0 heterocycles. The summed E-state index contributed by atoms with van der Waals surface area (Å²) in [7, 11) is -3.95. The Morgan fingerprint density at radius 3 is 2.48 bits per heavy atom. The number of aliphatic hydroxyl groups is 1. The lowest BCUT2D eigenvalue weighted by atomic mass is 10.2. The maximum Gasteiger partial charge on any atom is 0.243 e. The lowest BCUT2D eigenvalue weighted by Crippen LogP contribution is -2.35. The minimum Gasteiger partial charge on any atom is -0.392 e. The molecule has 120 valence electrons. The van der Waals surface area contributed by atoms with Crippen molar-refractivity contribution in [2.24, 2.45) is 0 Å². The van der Waals surface area contributed by atoms with Gasteiger partial charge < -0.3 is 10.0 Å². The lowest BCUT2D eigenvalue weighted by Gasteiger charge is -2.18. The number of nitrogens with one attached hydrogen (secondary N) is 1. The molecule has 8 heteroatoms. The normalized spacial score (nSPS) is 12.1. The largest absolute Gasteiger partial charge is 0.392 e. The van der Waals surface area contributed by atoms with Crippen LogP contribution in [0.15, 0.2) is 21.5 Å². The molecule has 0 amide bonds. The zero-order chi connectivity index (χ0) is 16.0. The number of aliphatic hydroxyl groups excluding tert-OH is 1. The molecule has 0 aliphatic heterocycles. The minimum absolute atomic E-state index is 0.0616. The maximum absolute atomic E-state index is 14.1. The van der Waals surface area contributed by atoms with Gasteiger partial charge in [-0.2, -0.15) is 0 Å². The molecule has 2 N–H and O–H groups in total. The second-order valence-corrected chi connectivity index (χ2v) is 7.11. The van der Waals surface area contributed by atoms with Crippen molar-refractivity contribution < 1.29 is 17.9 Å². The molecule has 1 aromatic carbocycles. The van der Waals surface area contributed by atoms with Gasteiger partial charge in [-0.3, -0.25) is 0 Å². The zero-order valence-electron chi connectivity index (χ0n) is 12.1. The van der Waals surface area contributed by atoms with Crippen molar-refractivity contribution >= 4 is 26.0 Å². The maximum atomic E-state index is 14.1. The molecular formula is C13H20BrFN2O3S. The van der Waals surface area contributed by atoms with Crippen molar-refractivity contribution in [3.05, 3.63) is 28.0 Å². The van der Waals surface area contributed by atoms with E-state index in [-0.39, 0.29) is 12.1 Å². The van der Waals surface area contributed by atoms with Crippen LogP contribution in [0, 0.1) is 5.82 Å². The van der Waals surface area contributed by atoms with Gasteiger partial charge in [0.15, 0.2) is 0 Å². The minimum atomic E-state index is -3.95. The molecule has 0 bridgehead atoms. The average Bonchev–Trinajstić information content (AvgIpc) is 2.45. The van der Waals surface area contributed by atoms with E-state index >= 15 is 0 Å². The Morgan fingerprint density at radius 2 is 1.95 bits per heavy atom. The Morgan fingerprint density at radius 1 is 1.33 bits per heavy atom. The zero-order valence-corrected chi connectivity index (χ0v) is 14.5. The van der Waals surface area contributed by atoms with Crippen LogP contribution in [0.5, 0.6) is 0 Å². The van der Waals surface area contributed by atoms with E-state index in [1.54, 1.807) is 0 Å². The van der Waals surface area contributed by atoms with Crippen LogP contribution in [0.3, 0.4) is 0 Å². The third-order valence-electron chi connectivity index (χ3n) is 3.15. The molecule has 0 spiro atoms. The topological polar surface area (TPSA) is 69.6 Å². The summed E-state index contributed by atoms with van der Waals surface area (Å²) in [5.41, 5.74) is -0.0616. The highest BCUT2D eigenvalue weighted by atomic mass is 79.9. The van der Waals surface area contributed by atoms with Crippen molar-refractivity contribution in [2.75, 3.05) is 26.2 Å². The van der Waals surface area contributed by atoms with E-state index in [0.29, 0.717) is 11.0 Å². The highest BCUT2D eigenvalue weighted by Gasteiger charge is 2.22. The van der Waals surface area contributed by atoms with Crippen LogP contribution in [-0.2, 0) is 16.6 Å². The first-order valence-electron chi connectivity index (χ1n) is 6.66. The van der Waals surface area contributed by atoms with Gasteiger partial charge in [0.1, 0.15) is 10.7 Å². The summed E-state index contributed by atoms with van der Waals surface area (Å²) in [4.78, 5) is 1.60. The SMILES string of the molecule is CCN(CC)CCNS(=O)(=O)c1cc(Br)cc(CO)c1F. The van der Waals surface area contributed by atoms with E-state index in [4.69, 9.17) is 5.11 Å². The van der Waals surface area contributed by atoms with Gasteiger partial charge >= 0.3 is 0 Å². The third-order valence-corrected chi connectivity index (χ3v) is 5.07. The standard InChI is InChI=1S/C13H20BrFN2O3S/c1-3-17(4-2)6-5-16-21(19,20)12-8-11(14)7-10(9-18)13(12)15/h7-8,16,18H,3-6,9H2,1-2H3. The van der Waals surface area contributed by atoms with Crippen molar-refractivity contribution in [3.63, 3.8) is 0 Å². The van der Waals surface area contributed by atoms with Gasteiger partial charge in [0.2, 0.25) is 10.0 Å². The van der Waals surface area contributed by atoms with Crippen LogP contribution in [0.4, 0.5) is 4.39 Å². The van der Waals surface area contributed by atoms with E-state index in [1.807, 2.05) is 13.8 Å². The molecule has 0 aliphatic rings. The summed E-state index contributed by atoms with van der Waals surface area (Å²) in [5, 5.41) is 9.06. The molecule has 1 aromatic rings. The summed E-state index contributed by atoms with van der Waals surface area (Å²) in [6.07, 6.45) is 0. The Balaban J connectivity index is 2.91. The summed E-state index contributed by atoms with van der Waals surface area (Å²) >= 11 is 3.12. The van der Waals surface area contributed by atoms with Gasteiger partial charge in [0, 0.05) is 23.1 Å². The van der Waals surface area contributed by atoms with E-state index in [1.165, 1.54) is 12.1 Å². The molecule has 5 nitrogen and oxygen atoms in total. The molecular weight excluding hydrogens is 363 g/mol. The molecule has 0 unspecified atom stereocenters. The number of likely N-dealkylation sites (N-methyl/N-ethyl adjacent to an activating group) is 1. The highest BCUT2D eigenvalue weighted by molar-refractivity contribution is 9.10. The molecule has 0 saturated carbocycles. The average molecular weight is 383 g/mol. The van der Waals surface area contributed by atoms with Crippen molar-refractivity contribution in [2.45, 2.75) is 25.3 Å². The monoisotopic (exact) mass is 382 g/mol. The number of halogens is 2. The fourth-order valence-corrected chi connectivity index (χ4v) is 3.71. The summed E-state index contributed by atoms with van der Waals surface area (Å²) in [6.45, 7) is 5.79. The van der Waals surface area contributed by atoms with Crippen molar-refractivity contribution in [1.82, 2.24) is 9.62 Å². The lowest BCUT2D eigenvalue weighted by molar-refractivity contribution is 0.274. The predicted octanol–water partition coefficient (Wildman–Crippen LogP) is 1.70. The molecule has 1 rings (SSSR count).